The van der Waals surface area contributed by atoms with Crippen molar-refractivity contribution in [2.45, 2.75) is 31.9 Å². The molecule has 0 saturated carbocycles. The topological polar surface area (TPSA) is 47.9 Å². The molecule has 0 heterocycles. The molecule has 0 atom stereocenters. The highest BCUT2D eigenvalue weighted by Crippen LogP contribution is 2.60. The van der Waals surface area contributed by atoms with Gasteiger partial charge in [-0.15, -0.1) is 0 Å². The minimum Gasteiger partial charge on any atom is -0.305 e. The quantitative estimate of drug-likeness (QED) is 0.263. The van der Waals surface area contributed by atoms with Crippen LogP contribution in [0.15, 0.2) is 29.3 Å². The Morgan fingerprint density at radius 1 is 1.07 bits per heavy atom. The van der Waals surface area contributed by atoms with Gasteiger partial charge in [-0.05, 0) is 32.0 Å². The van der Waals surface area contributed by atoms with Crippen LogP contribution in [0.5, 0.6) is 0 Å². The maximum Gasteiger partial charge on any atom is 0.460 e. The van der Waals surface area contributed by atoms with E-state index < -0.39 is 50.0 Å². The lowest BCUT2D eigenvalue weighted by Crippen LogP contribution is -2.56. The van der Waals surface area contributed by atoms with Crippen LogP contribution >= 0.6 is 19.2 Å². The summed E-state index contributed by atoms with van der Waals surface area (Å²) in [5.41, 5.74) is -2.92. The molecule has 0 aliphatic rings. The van der Waals surface area contributed by atoms with Crippen molar-refractivity contribution in [1.29, 1.82) is 0 Å². The number of hydrogen-bond donors (Lipinski definition) is 0. The molecule has 0 unspecified atom stereocenters. The van der Waals surface area contributed by atoms with Crippen molar-refractivity contribution in [1.82, 2.24) is 0 Å². The molecule has 0 amide bonds. The summed E-state index contributed by atoms with van der Waals surface area (Å²) in [7, 11) is -5.32. The molecule has 27 heavy (non-hydrogen) atoms. The number of hydrogen-bond acceptors (Lipinski definition) is 4. The van der Waals surface area contributed by atoms with Gasteiger partial charge in [-0.2, -0.15) is 30.7 Å². The van der Waals surface area contributed by atoms with Crippen LogP contribution in [-0.2, 0) is 13.6 Å². The highest BCUT2D eigenvalue weighted by molar-refractivity contribution is 7.72. The standard InChI is InChI=1S/C14H14ClF7NO3P/c1-3-25-27(24,26-4-2)11(23-10-7-5-6-9(15)8-10)12(16,17)13(18,19)14(20,21)22/h5-8H,3-4H2,1-2H3. The number of nitrogens with zero attached hydrogens (tertiary/aromatic N) is 1. The maximum atomic E-state index is 14.3. The van der Waals surface area contributed by atoms with E-state index in [2.05, 4.69) is 14.0 Å². The van der Waals surface area contributed by atoms with Crippen LogP contribution in [0.1, 0.15) is 13.8 Å². The largest absolute Gasteiger partial charge is 0.460 e. The fourth-order valence-corrected chi connectivity index (χ4v) is 3.70. The van der Waals surface area contributed by atoms with Gasteiger partial charge in [-0.1, -0.05) is 17.7 Å². The fourth-order valence-electron chi connectivity index (χ4n) is 1.79. The molecule has 13 heteroatoms. The molecule has 0 spiro atoms. The zero-order valence-corrected chi connectivity index (χ0v) is 15.5. The Bertz CT molecular complexity index is 730. The van der Waals surface area contributed by atoms with Gasteiger partial charge in [0.05, 0.1) is 18.9 Å². The minimum absolute atomic E-state index is 0.0795. The lowest BCUT2D eigenvalue weighted by Gasteiger charge is -2.31. The number of halogens is 8. The SMILES string of the molecule is CCOP(=O)(OCC)C(=Nc1cccc(Cl)c1)C(F)(F)C(F)(F)C(F)(F)F. The Kier molecular flexibility index (Phi) is 7.49. The first-order valence-corrected chi connectivity index (χ1v) is 9.21. The summed E-state index contributed by atoms with van der Waals surface area (Å²) in [5.74, 6) is -12.6. The van der Waals surface area contributed by atoms with E-state index in [-0.39, 0.29) is 5.02 Å². The molecule has 0 aliphatic heterocycles. The predicted octanol–water partition coefficient (Wildman–Crippen LogP) is 6.47. The van der Waals surface area contributed by atoms with Crippen LogP contribution in [-0.4, -0.2) is 36.7 Å². The average Bonchev–Trinajstić information content (AvgIpc) is 2.51. The van der Waals surface area contributed by atoms with Gasteiger partial charge in [0.2, 0.25) is 5.45 Å². The van der Waals surface area contributed by atoms with Crippen molar-refractivity contribution in [3.8, 4) is 0 Å². The second kappa shape index (κ2) is 8.46. The summed E-state index contributed by atoms with van der Waals surface area (Å²) in [4.78, 5) is 3.07. The first-order valence-electron chi connectivity index (χ1n) is 7.29. The van der Waals surface area contributed by atoms with Gasteiger partial charge in [0, 0.05) is 5.02 Å². The molecule has 0 N–H and O–H groups in total. The highest BCUT2D eigenvalue weighted by atomic mass is 35.5. The summed E-state index contributed by atoms with van der Waals surface area (Å²) < 4.78 is 115. The molecule has 0 aromatic heterocycles. The van der Waals surface area contributed by atoms with Gasteiger partial charge >= 0.3 is 25.6 Å². The molecule has 0 saturated heterocycles. The van der Waals surface area contributed by atoms with Crippen molar-refractivity contribution in [3.05, 3.63) is 29.3 Å². The van der Waals surface area contributed by atoms with Crippen LogP contribution in [0.25, 0.3) is 0 Å². The van der Waals surface area contributed by atoms with E-state index >= 15 is 0 Å². The molecule has 0 bridgehead atoms. The van der Waals surface area contributed by atoms with Gasteiger partial charge in [0.15, 0.2) is 0 Å². The van der Waals surface area contributed by atoms with Crippen molar-refractivity contribution >= 4 is 30.3 Å². The number of aliphatic imine (C=N–C) groups is 1. The first kappa shape index (κ1) is 23.9. The van der Waals surface area contributed by atoms with E-state index in [1.165, 1.54) is 12.1 Å². The summed E-state index contributed by atoms with van der Waals surface area (Å²) >= 11 is 5.63. The maximum absolute atomic E-state index is 14.3. The van der Waals surface area contributed by atoms with E-state index in [0.29, 0.717) is 0 Å². The van der Waals surface area contributed by atoms with Crippen LogP contribution < -0.4 is 0 Å². The van der Waals surface area contributed by atoms with Gasteiger partial charge < -0.3 is 9.05 Å². The Morgan fingerprint density at radius 2 is 1.59 bits per heavy atom. The van der Waals surface area contributed by atoms with Crippen molar-refractivity contribution < 1.29 is 44.3 Å². The highest BCUT2D eigenvalue weighted by Gasteiger charge is 2.77. The number of rotatable bonds is 8. The third-order valence-corrected chi connectivity index (χ3v) is 5.26. The normalized spacial score (nSPS) is 14.5. The van der Waals surface area contributed by atoms with Gasteiger partial charge in [0.1, 0.15) is 0 Å². The van der Waals surface area contributed by atoms with Crippen molar-refractivity contribution in [3.63, 3.8) is 0 Å². The summed E-state index contributed by atoms with van der Waals surface area (Å²) in [6.07, 6.45) is -6.66. The fraction of sp³-hybridized carbons (Fsp3) is 0.500. The molecule has 1 aromatic carbocycles. The Labute approximate surface area is 154 Å². The third-order valence-electron chi connectivity index (χ3n) is 2.93. The number of alkyl halides is 7. The van der Waals surface area contributed by atoms with Crippen LogP contribution in [0.2, 0.25) is 5.02 Å². The predicted molar refractivity (Wildman–Crippen MR) is 85.4 cm³/mol. The average molecular weight is 444 g/mol. The lowest BCUT2D eigenvalue weighted by atomic mass is 10.1. The van der Waals surface area contributed by atoms with Gasteiger partial charge in [0.25, 0.3) is 0 Å². The van der Waals surface area contributed by atoms with E-state index in [0.717, 1.165) is 26.0 Å². The molecule has 0 radical (unpaired) electrons. The summed E-state index contributed by atoms with van der Waals surface area (Å²) in [5, 5.41) is -0.0795. The lowest BCUT2D eigenvalue weighted by molar-refractivity contribution is -0.335. The molecule has 0 aliphatic carbocycles. The molecular formula is C14H14ClF7NO3P. The Hall–Kier alpha value is -1.16. The third kappa shape index (κ3) is 5.01. The zero-order chi connectivity index (χ0) is 21.1. The molecule has 1 rings (SSSR count). The molecule has 0 fully saturated rings. The molecule has 4 nitrogen and oxygen atoms in total. The van der Waals surface area contributed by atoms with Crippen LogP contribution in [0.4, 0.5) is 36.4 Å². The van der Waals surface area contributed by atoms with Crippen LogP contribution in [0.3, 0.4) is 0 Å². The van der Waals surface area contributed by atoms with E-state index in [4.69, 9.17) is 11.6 Å². The molecule has 154 valence electrons. The van der Waals surface area contributed by atoms with Gasteiger partial charge in [-0.3, -0.25) is 4.57 Å². The van der Waals surface area contributed by atoms with E-state index in [1.807, 2.05) is 0 Å². The Morgan fingerprint density at radius 3 is 2.00 bits per heavy atom. The van der Waals surface area contributed by atoms with E-state index in [9.17, 15) is 35.3 Å². The van der Waals surface area contributed by atoms with Gasteiger partial charge in [-0.25, -0.2) is 4.99 Å². The number of benzene rings is 1. The molecular weight excluding hydrogens is 430 g/mol. The van der Waals surface area contributed by atoms with Crippen molar-refractivity contribution in [2.75, 3.05) is 13.2 Å². The zero-order valence-electron chi connectivity index (χ0n) is 13.9. The minimum atomic E-state index is -6.66. The Balaban J connectivity index is 3.76. The van der Waals surface area contributed by atoms with Crippen molar-refractivity contribution in [2.24, 2.45) is 4.99 Å². The first-order chi connectivity index (χ1) is 12.2. The smallest absolute Gasteiger partial charge is 0.305 e. The summed E-state index contributed by atoms with van der Waals surface area (Å²) in [6.45, 7) is 1.14. The van der Waals surface area contributed by atoms with Crippen LogP contribution in [0, 0.1) is 0 Å². The summed E-state index contributed by atoms with van der Waals surface area (Å²) in [6, 6.07) is 4.32. The monoisotopic (exact) mass is 443 g/mol. The second-order valence-electron chi connectivity index (χ2n) is 4.89. The molecule has 1 aromatic rings. The second-order valence-corrected chi connectivity index (χ2v) is 7.27. The van der Waals surface area contributed by atoms with E-state index in [1.54, 1.807) is 0 Å².